The summed E-state index contributed by atoms with van der Waals surface area (Å²) in [6.07, 6.45) is 0. The Morgan fingerprint density at radius 3 is 1.67 bits per heavy atom. The second kappa shape index (κ2) is 7.24. The van der Waals surface area contributed by atoms with E-state index < -0.39 is 9.84 Å². The van der Waals surface area contributed by atoms with Gasteiger partial charge in [0.25, 0.3) is 0 Å². The van der Waals surface area contributed by atoms with E-state index in [1.54, 1.807) is 30.3 Å². The van der Waals surface area contributed by atoms with Crippen LogP contribution in [0.15, 0.2) is 65.6 Å². The average Bonchev–Trinajstić information content (AvgIpc) is 2.41. The summed E-state index contributed by atoms with van der Waals surface area (Å²) in [5, 5.41) is -0.142. The molecule has 0 aliphatic rings. The first-order valence-electron chi connectivity index (χ1n) is 5.46. The third kappa shape index (κ3) is 4.94. The van der Waals surface area contributed by atoms with Crippen LogP contribution in [0.4, 0.5) is 0 Å². The largest absolute Gasteiger partial charge is 0.223 e. The van der Waals surface area contributed by atoms with Crippen molar-refractivity contribution in [2.45, 2.75) is 11.8 Å². The topological polar surface area (TPSA) is 34.1 Å². The molecule has 0 atom stereocenters. The highest BCUT2D eigenvalue weighted by molar-refractivity contribution is 8.03. The quantitative estimate of drug-likeness (QED) is 0.856. The van der Waals surface area contributed by atoms with E-state index in [4.69, 9.17) is 0 Å². The van der Waals surface area contributed by atoms with E-state index in [1.807, 2.05) is 18.2 Å². The van der Waals surface area contributed by atoms with E-state index in [0.717, 1.165) is 0 Å². The van der Waals surface area contributed by atoms with Gasteiger partial charge < -0.3 is 0 Å². The molecule has 0 heterocycles. The normalized spacial score (nSPS) is 10.3. The Bertz CT molecular complexity index is 549. The summed E-state index contributed by atoms with van der Waals surface area (Å²) in [6, 6.07) is 18.5. The summed E-state index contributed by atoms with van der Waals surface area (Å²) in [5.41, 5.74) is 1.32. The predicted octanol–water partition coefficient (Wildman–Crippen LogP) is 3.34. The third-order valence-electron chi connectivity index (χ3n) is 2.21. The van der Waals surface area contributed by atoms with E-state index in [0.29, 0.717) is 4.90 Å². The molecule has 0 aliphatic heterocycles. The van der Waals surface area contributed by atoms with Crippen LogP contribution < -0.4 is 0 Å². The molecule has 0 spiro atoms. The highest BCUT2D eigenvalue weighted by Gasteiger charge is 2.09. The van der Waals surface area contributed by atoms with Gasteiger partial charge in [0.2, 0.25) is 0 Å². The van der Waals surface area contributed by atoms with Gasteiger partial charge in [0.1, 0.15) is 0 Å². The van der Waals surface area contributed by atoms with Crippen LogP contribution >= 0.6 is 12.6 Å². The van der Waals surface area contributed by atoms with Gasteiger partial charge >= 0.3 is 0 Å². The van der Waals surface area contributed by atoms with Crippen molar-refractivity contribution >= 4 is 22.5 Å². The van der Waals surface area contributed by atoms with Crippen molar-refractivity contribution in [1.29, 1.82) is 0 Å². The lowest BCUT2D eigenvalue weighted by atomic mass is 10.2. The molecule has 96 valence electrons. The molecule has 0 N–H and O–H groups in total. The Labute approximate surface area is 114 Å². The minimum Gasteiger partial charge on any atom is -0.223 e. The monoisotopic (exact) mass is 280 g/mol. The zero-order chi connectivity index (χ0) is 13.4. The fourth-order valence-electron chi connectivity index (χ4n) is 1.24. The number of aryl methyl sites for hydroxylation is 1. The summed E-state index contributed by atoms with van der Waals surface area (Å²) in [6.45, 7) is 2.08. The van der Waals surface area contributed by atoms with Crippen LogP contribution in [0.1, 0.15) is 5.56 Å². The Morgan fingerprint density at radius 2 is 1.33 bits per heavy atom. The van der Waals surface area contributed by atoms with Gasteiger partial charge in [-0.05, 0) is 19.1 Å². The number of thiol groups is 1. The Kier molecular flexibility index (Phi) is 5.95. The minimum absolute atomic E-state index is 0.142. The molecule has 0 aliphatic carbocycles. The van der Waals surface area contributed by atoms with Crippen LogP contribution in [0, 0.1) is 6.92 Å². The fraction of sp³-hybridized carbons (Fsp3) is 0.143. The first kappa shape index (κ1) is 14.8. The van der Waals surface area contributed by atoms with Gasteiger partial charge in [-0.3, -0.25) is 0 Å². The van der Waals surface area contributed by atoms with Gasteiger partial charge in [0.05, 0.1) is 9.98 Å². The van der Waals surface area contributed by atoms with E-state index in [2.05, 4.69) is 31.7 Å². The maximum Gasteiger partial charge on any atom is 0.187 e. The number of rotatable bonds is 2. The second-order valence-corrected chi connectivity index (χ2v) is 6.45. The third-order valence-corrected chi connectivity index (χ3v) is 4.56. The summed E-state index contributed by atoms with van der Waals surface area (Å²) < 4.78 is 22.2. The number of hydrogen-bond acceptors (Lipinski definition) is 3. The van der Waals surface area contributed by atoms with E-state index >= 15 is 0 Å². The number of benzene rings is 2. The number of hydrogen-bond donors (Lipinski definition) is 1. The van der Waals surface area contributed by atoms with Crippen LogP contribution in [-0.4, -0.2) is 13.5 Å². The fourth-order valence-corrected chi connectivity index (χ4v) is 2.40. The highest BCUT2D eigenvalue weighted by Crippen LogP contribution is 2.10. The van der Waals surface area contributed by atoms with Crippen LogP contribution in [0.3, 0.4) is 0 Å². The van der Waals surface area contributed by atoms with Crippen molar-refractivity contribution < 1.29 is 8.42 Å². The molecule has 0 bridgehead atoms. The molecule has 2 rings (SSSR count). The summed E-state index contributed by atoms with van der Waals surface area (Å²) >= 11 is 3.72. The molecule has 0 radical (unpaired) electrons. The van der Waals surface area contributed by atoms with Crippen molar-refractivity contribution in [3.05, 3.63) is 66.2 Å². The molecular formula is C14H16O2S2. The average molecular weight is 280 g/mol. The molecule has 0 unspecified atom stereocenters. The molecule has 18 heavy (non-hydrogen) atoms. The summed E-state index contributed by atoms with van der Waals surface area (Å²) in [5.74, 6) is 0. The van der Waals surface area contributed by atoms with E-state index in [1.165, 1.54) is 5.56 Å². The van der Waals surface area contributed by atoms with E-state index in [9.17, 15) is 8.42 Å². The molecule has 4 heteroatoms. The lowest BCUT2D eigenvalue weighted by Gasteiger charge is -1.97. The molecule has 2 aromatic carbocycles. The maximum atomic E-state index is 11.1. The Balaban J connectivity index is 0.000000199. The van der Waals surface area contributed by atoms with Gasteiger partial charge in [0, 0.05) is 0 Å². The van der Waals surface area contributed by atoms with Gasteiger partial charge in [-0.15, -0.1) is 0 Å². The van der Waals surface area contributed by atoms with E-state index in [-0.39, 0.29) is 5.08 Å². The Morgan fingerprint density at radius 1 is 0.889 bits per heavy atom. The van der Waals surface area contributed by atoms with Crippen LogP contribution in [-0.2, 0) is 9.84 Å². The van der Waals surface area contributed by atoms with Gasteiger partial charge in [-0.1, -0.05) is 54.1 Å². The first-order valence-corrected chi connectivity index (χ1v) is 7.75. The lowest BCUT2D eigenvalue weighted by molar-refractivity contribution is 0.601. The summed E-state index contributed by atoms with van der Waals surface area (Å²) in [7, 11) is -3.13. The van der Waals surface area contributed by atoms with Gasteiger partial charge in [0.15, 0.2) is 9.84 Å². The van der Waals surface area contributed by atoms with Crippen LogP contribution in [0.5, 0.6) is 0 Å². The molecular weight excluding hydrogens is 264 g/mol. The molecule has 2 aromatic rings. The molecule has 0 amide bonds. The van der Waals surface area contributed by atoms with Crippen molar-refractivity contribution in [2.75, 3.05) is 5.08 Å². The zero-order valence-electron chi connectivity index (χ0n) is 10.2. The molecule has 0 saturated heterocycles. The van der Waals surface area contributed by atoms with Crippen molar-refractivity contribution in [3.8, 4) is 0 Å². The molecule has 0 aromatic heterocycles. The van der Waals surface area contributed by atoms with Crippen molar-refractivity contribution in [1.82, 2.24) is 0 Å². The first-order chi connectivity index (χ1) is 8.56. The predicted molar refractivity (Wildman–Crippen MR) is 78.7 cm³/mol. The van der Waals surface area contributed by atoms with Gasteiger partial charge in [-0.2, -0.15) is 12.6 Å². The zero-order valence-corrected chi connectivity index (χ0v) is 11.9. The maximum absolute atomic E-state index is 11.1. The van der Waals surface area contributed by atoms with Crippen molar-refractivity contribution in [2.24, 2.45) is 0 Å². The van der Waals surface area contributed by atoms with Crippen LogP contribution in [0.2, 0.25) is 0 Å². The van der Waals surface area contributed by atoms with Crippen LogP contribution in [0.25, 0.3) is 0 Å². The highest BCUT2D eigenvalue weighted by atomic mass is 32.2. The molecule has 0 fully saturated rings. The Hall–Kier alpha value is -1.26. The standard InChI is InChI=1S/C7H8O2S2.C7H8/c8-11(9,6-10)7-4-2-1-3-5-7;1-7-5-3-2-4-6-7/h1-5,10H,6H2;2-6H,1H3. The number of sulfone groups is 1. The van der Waals surface area contributed by atoms with Crippen molar-refractivity contribution in [3.63, 3.8) is 0 Å². The smallest absolute Gasteiger partial charge is 0.187 e. The minimum atomic E-state index is -3.13. The lowest BCUT2D eigenvalue weighted by Crippen LogP contribution is -2.00. The second-order valence-electron chi connectivity index (χ2n) is 3.71. The van der Waals surface area contributed by atoms with Gasteiger partial charge in [-0.25, -0.2) is 8.42 Å². The summed E-state index contributed by atoms with van der Waals surface area (Å²) in [4.78, 5) is 0.329. The molecule has 0 saturated carbocycles. The molecule has 2 nitrogen and oxygen atoms in total. The SMILES string of the molecule is Cc1ccccc1.O=S(=O)(CS)c1ccccc1.